The van der Waals surface area contributed by atoms with Gasteiger partial charge < -0.3 is 5.11 Å². The van der Waals surface area contributed by atoms with Crippen LogP contribution in [0, 0.1) is 11.3 Å². The average molecular weight is 197 g/mol. The molecule has 1 saturated carbocycles. The summed E-state index contributed by atoms with van der Waals surface area (Å²) >= 11 is 0. The van der Waals surface area contributed by atoms with Crippen LogP contribution in [0.15, 0.2) is 0 Å². The van der Waals surface area contributed by atoms with E-state index >= 15 is 0 Å². The second-order valence-corrected chi connectivity index (χ2v) is 5.51. The van der Waals surface area contributed by atoms with Gasteiger partial charge in [0.25, 0.3) is 0 Å². The molecule has 0 aromatic rings. The maximum absolute atomic E-state index is 11.0. The molecular formula is C11H19NO2. The molecule has 80 valence electrons. The van der Waals surface area contributed by atoms with Gasteiger partial charge in [0.05, 0.1) is 5.92 Å². The van der Waals surface area contributed by atoms with Gasteiger partial charge in [0.1, 0.15) is 0 Å². The van der Waals surface area contributed by atoms with Crippen LogP contribution in [0.1, 0.15) is 33.1 Å². The molecule has 0 aromatic carbocycles. The summed E-state index contributed by atoms with van der Waals surface area (Å²) in [4.78, 5) is 13.3. The van der Waals surface area contributed by atoms with E-state index in [4.69, 9.17) is 5.11 Å². The smallest absolute Gasteiger partial charge is 0.308 e. The third-order valence-corrected chi connectivity index (χ3v) is 3.53. The first-order valence-corrected chi connectivity index (χ1v) is 5.46. The van der Waals surface area contributed by atoms with Gasteiger partial charge in [-0.1, -0.05) is 20.3 Å². The molecule has 0 radical (unpaired) electrons. The molecule has 0 bridgehead atoms. The van der Waals surface area contributed by atoms with Gasteiger partial charge in [-0.05, 0) is 18.3 Å². The normalized spacial score (nSPS) is 36.7. The van der Waals surface area contributed by atoms with Crippen molar-refractivity contribution in [3.63, 3.8) is 0 Å². The van der Waals surface area contributed by atoms with E-state index in [0.717, 1.165) is 32.4 Å². The van der Waals surface area contributed by atoms with Crippen LogP contribution in [-0.2, 0) is 4.79 Å². The SMILES string of the molecule is CC1(C)CN(C2CCCC2C(=O)O)C1. The Kier molecular flexibility index (Phi) is 2.30. The lowest BCUT2D eigenvalue weighted by atomic mass is 9.82. The van der Waals surface area contributed by atoms with Crippen molar-refractivity contribution in [1.82, 2.24) is 4.90 Å². The van der Waals surface area contributed by atoms with Gasteiger partial charge >= 0.3 is 5.97 Å². The highest BCUT2D eigenvalue weighted by molar-refractivity contribution is 5.71. The maximum Gasteiger partial charge on any atom is 0.308 e. The zero-order chi connectivity index (χ0) is 10.3. The molecule has 3 nitrogen and oxygen atoms in total. The second kappa shape index (κ2) is 3.23. The Bertz CT molecular complexity index is 242. The lowest BCUT2D eigenvalue weighted by Gasteiger charge is -2.50. The number of hydrogen-bond acceptors (Lipinski definition) is 2. The third-order valence-electron chi connectivity index (χ3n) is 3.53. The zero-order valence-electron chi connectivity index (χ0n) is 8.99. The summed E-state index contributed by atoms with van der Waals surface area (Å²) in [5, 5.41) is 9.06. The van der Waals surface area contributed by atoms with E-state index in [9.17, 15) is 4.79 Å². The minimum Gasteiger partial charge on any atom is -0.481 e. The highest BCUT2D eigenvalue weighted by Gasteiger charge is 2.44. The van der Waals surface area contributed by atoms with Crippen LogP contribution in [0.3, 0.4) is 0 Å². The molecule has 2 aliphatic rings. The van der Waals surface area contributed by atoms with Crippen molar-refractivity contribution in [3.8, 4) is 0 Å². The molecule has 2 unspecified atom stereocenters. The Hall–Kier alpha value is -0.570. The van der Waals surface area contributed by atoms with E-state index in [1.165, 1.54) is 0 Å². The van der Waals surface area contributed by atoms with Crippen LogP contribution in [0.2, 0.25) is 0 Å². The van der Waals surface area contributed by atoms with Crippen LogP contribution in [-0.4, -0.2) is 35.1 Å². The molecule has 1 aliphatic carbocycles. The van der Waals surface area contributed by atoms with Crippen molar-refractivity contribution in [2.45, 2.75) is 39.2 Å². The van der Waals surface area contributed by atoms with E-state index in [1.54, 1.807) is 0 Å². The fourth-order valence-corrected chi connectivity index (χ4v) is 2.95. The van der Waals surface area contributed by atoms with E-state index in [2.05, 4.69) is 18.7 Å². The van der Waals surface area contributed by atoms with Crippen molar-refractivity contribution >= 4 is 5.97 Å². The summed E-state index contributed by atoms with van der Waals surface area (Å²) in [6.45, 7) is 6.63. The molecule has 3 heteroatoms. The lowest BCUT2D eigenvalue weighted by molar-refractivity contribution is -0.145. The number of rotatable bonds is 2. The Morgan fingerprint density at radius 1 is 1.36 bits per heavy atom. The largest absolute Gasteiger partial charge is 0.481 e. The highest BCUT2D eigenvalue weighted by atomic mass is 16.4. The molecule has 2 atom stereocenters. The minimum atomic E-state index is -0.600. The fraction of sp³-hybridized carbons (Fsp3) is 0.909. The monoisotopic (exact) mass is 197 g/mol. The first-order chi connectivity index (χ1) is 6.49. The number of hydrogen-bond donors (Lipinski definition) is 1. The summed E-state index contributed by atoms with van der Waals surface area (Å²) in [5.41, 5.74) is 0.408. The van der Waals surface area contributed by atoms with E-state index in [1.807, 2.05) is 0 Å². The Balaban J connectivity index is 1.95. The van der Waals surface area contributed by atoms with Gasteiger partial charge in [-0.2, -0.15) is 0 Å². The topological polar surface area (TPSA) is 40.5 Å². The molecule has 0 aromatic heterocycles. The van der Waals surface area contributed by atoms with Gasteiger partial charge in [-0.25, -0.2) is 0 Å². The number of carbonyl (C=O) groups is 1. The average Bonchev–Trinajstić information content (AvgIpc) is 2.46. The van der Waals surface area contributed by atoms with Crippen molar-refractivity contribution in [2.24, 2.45) is 11.3 Å². The molecule has 1 aliphatic heterocycles. The van der Waals surface area contributed by atoms with E-state index in [-0.39, 0.29) is 5.92 Å². The molecular weight excluding hydrogens is 178 g/mol. The minimum absolute atomic E-state index is 0.105. The Labute approximate surface area is 85.1 Å². The van der Waals surface area contributed by atoms with Gasteiger partial charge in [0.2, 0.25) is 0 Å². The standard InChI is InChI=1S/C11H19NO2/c1-11(2)6-12(7-11)9-5-3-4-8(9)10(13)14/h8-9H,3-7H2,1-2H3,(H,13,14). The first kappa shape index (κ1) is 9.97. The highest BCUT2D eigenvalue weighted by Crippen LogP contribution is 2.38. The van der Waals surface area contributed by atoms with Crippen molar-refractivity contribution in [1.29, 1.82) is 0 Å². The molecule has 14 heavy (non-hydrogen) atoms. The van der Waals surface area contributed by atoms with Gasteiger partial charge in [-0.3, -0.25) is 9.69 Å². The van der Waals surface area contributed by atoms with Crippen LogP contribution in [0.25, 0.3) is 0 Å². The summed E-state index contributed by atoms with van der Waals surface area (Å²) < 4.78 is 0. The van der Waals surface area contributed by atoms with Crippen LogP contribution < -0.4 is 0 Å². The Morgan fingerprint density at radius 2 is 2.00 bits per heavy atom. The van der Waals surface area contributed by atoms with Crippen LogP contribution in [0.4, 0.5) is 0 Å². The van der Waals surface area contributed by atoms with Gasteiger partial charge in [0.15, 0.2) is 0 Å². The maximum atomic E-state index is 11.0. The predicted octanol–water partition coefficient (Wildman–Crippen LogP) is 1.58. The summed E-state index contributed by atoms with van der Waals surface area (Å²) in [6.07, 6.45) is 3.03. The number of likely N-dealkylation sites (tertiary alicyclic amines) is 1. The molecule has 0 spiro atoms. The van der Waals surface area contributed by atoms with Gasteiger partial charge in [0, 0.05) is 19.1 Å². The molecule has 2 rings (SSSR count). The second-order valence-electron chi connectivity index (χ2n) is 5.51. The number of carboxylic acids is 1. The van der Waals surface area contributed by atoms with E-state index < -0.39 is 5.97 Å². The van der Waals surface area contributed by atoms with Crippen molar-refractivity contribution in [2.75, 3.05) is 13.1 Å². The zero-order valence-corrected chi connectivity index (χ0v) is 8.99. The molecule has 0 amide bonds. The van der Waals surface area contributed by atoms with E-state index in [0.29, 0.717) is 11.5 Å². The molecule has 1 N–H and O–H groups in total. The van der Waals surface area contributed by atoms with Crippen molar-refractivity contribution < 1.29 is 9.90 Å². The quantitative estimate of drug-likeness (QED) is 0.730. The molecule has 1 saturated heterocycles. The number of carboxylic acid groups (broad SMARTS) is 1. The van der Waals surface area contributed by atoms with Crippen molar-refractivity contribution in [3.05, 3.63) is 0 Å². The summed E-state index contributed by atoms with van der Waals surface area (Å²) in [6, 6.07) is 0.320. The van der Waals surface area contributed by atoms with Gasteiger partial charge in [-0.15, -0.1) is 0 Å². The number of aliphatic carboxylic acids is 1. The van der Waals surface area contributed by atoms with Crippen LogP contribution >= 0.6 is 0 Å². The van der Waals surface area contributed by atoms with Crippen LogP contribution in [0.5, 0.6) is 0 Å². The lowest BCUT2D eigenvalue weighted by Crippen LogP contribution is -2.58. The number of nitrogens with zero attached hydrogens (tertiary/aromatic N) is 1. The fourth-order valence-electron chi connectivity index (χ4n) is 2.95. The first-order valence-electron chi connectivity index (χ1n) is 5.46. The Morgan fingerprint density at radius 3 is 2.50 bits per heavy atom. The molecule has 2 fully saturated rings. The summed E-state index contributed by atoms with van der Waals surface area (Å²) in [5.74, 6) is -0.705. The predicted molar refractivity (Wildman–Crippen MR) is 54.1 cm³/mol. The summed E-state index contributed by atoms with van der Waals surface area (Å²) in [7, 11) is 0. The molecule has 1 heterocycles. The third kappa shape index (κ3) is 1.65.